The van der Waals surface area contributed by atoms with E-state index >= 15 is 0 Å². The van der Waals surface area contributed by atoms with Crippen LogP contribution in [0.15, 0.2) is 34.1 Å². The minimum absolute atomic E-state index is 0.129. The molecule has 1 aliphatic heterocycles. The van der Waals surface area contributed by atoms with Crippen LogP contribution in [0.4, 0.5) is 0 Å². The van der Waals surface area contributed by atoms with E-state index in [1.165, 1.54) is 7.05 Å². The van der Waals surface area contributed by atoms with Gasteiger partial charge in [0.05, 0.1) is 11.4 Å². The van der Waals surface area contributed by atoms with E-state index in [-0.39, 0.29) is 17.3 Å². The molecular formula is C15H23N3O3S2. The van der Waals surface area contributed by atoms with E-state index in [1.54, 1.807) is 40.9 Å². The highest BCUT2D eigenvalue weighted by molar-refractivity contribution is 7.98. The normalized spacial score (nSPS) is 16.8. The number of nitrogens with zero attached hydrogens (tertiary/aromatic N) is 3. The van der Waals surface area contributed by atoms with Crippen molar-refractivity contribution in [1.82, 2.24) is 14.1 Å². The Morgan fingerprint density at radius 1 is 1.17 bits per heavy atom. The molecule has 0 saturated carbocycles. The maximum atomic E-state index is 12.5. The Hall–Kier alpha value is -1.09. The second-order valence-electron chi connectivity index (χ2n) is 5.62. The van der Waals surface area contributed by atoms with E-state index in [9.17, 15) is 13.2 Å². The first-order valence-electron chi connectivity index (χ1n) is 7.41. The minimum atomic E-state index is -3.64. The molecule has 0 spiro atoms. The molecule has 1 aromatic carbocycles. The topological polar surface area (TPSA) is 60.9 Å². The lowest BCUT2D eigenvalue weighted by molar-refractivity contribution is -0.132. The van der Waals surface area contributed by atoms with Crippen LogP contribution in [-0.2, 0) is 14.8 Å². The average molecular weight is 358 g/mol. The lowest BCUT2D eigenvalue weighted by Crippen LogP contribution is -2.50. The third-order valence-electron chi connectivity index (χ3n) is 3.98. The molecule has 128 valence electrons. The number of thioether (sulfide) groups is 1. The van der Waals surface area contributed by atoms with Crippen LogP contribution >= 0.6 is 11.8 Å². The van der Waals surface area contributed by atoms with Crippen molar-refractivity contribution in [3.63, 3.8) is 0 Å². The van der Waals surface area contributed by atoms with E-state index in [2.05, 4.69) is 4.90 Å². The first kappa shape index (κ1) is 18.3. The van der Waals surface area contributed by atoms with E-state index in [0.717, 1.165) is 22.3 Å². The number of hydrogen-bond donors (Lipinski definition) is 0. The zero-order valence-corrected chi connectivity index (χ0v) is 15.4. The maximum absolute atomic E-state index is 12.5. The monoisotopic (exact) mass is 357 g/mol. The molecule has 0 radical (unpaired) electrons. The van der Waals surface area contributed by atoms with Crippen molar-refractivity contribution in [2.75, 3.05) is 53.1 Å². The lowest BCUT2D eigenvalue weighted by atomic mass is 10.3. The summed E-state index contributed by atoms with van der Waals surface area (Å²) in [4.78, 5) is 17.4. The maximum Gasteiger partial charge on any atom is 0.243 e. The summed E-state index contributed by atoms with van der Waals surface area (Å²) in [6.07, 6.45) is 1.93. The van der Waals surface area contributed by atoms with E-state index in [0.29, 0.717) is 13.1 Å². The van der Waals surface area contributed by atoms with Crippen molar-refractivity contribution in [3.05, 3.63) is 24.3 Å². The van der Waals surface area contributed by atoms with Gasteiger partial charge < -0.3 is 9.80 Å². The van der Waals surface area contributed by atoms with Gasteiger partial charge in [-0.3, -0.25) is 4.79 Å². The number of rotatable bonds is 5. The zero-order chi connectivity index (χ0) is 17.0. The molecule has 1 saturated heterocycles. The molecule has 0 aromatic heterocycles. The smallest absolute Gasteiger partial charge is 0.243 e. The average Bonchev–Trinajstić information content (AvgIpc) is 2.55. The van der Waals surface area contributed by atoms with Gasteiger partial charge in [0.25, 0.3) is 0 Å². The Labute approximate surface area is 142 Å². The highest BCUT2D eigenvalue weighted by Crippen LogP contribution is 2.20. The minimum Gasteiger partial charge on any atom is -0.339 e. The summed E-state index contributed by atoms with van der Waals surface area (Å²) in [6, 6.07) is 6.71. The SMILES string of the molecule is CSc1ccc(S(=O)(=O)N(C)CC(=O)N2CCN(C)CC2)cc1. The Kier molecular flexibility index (Phi) is 6.07. The number of likely N-dealkylation sites (N-methyl/N-ethyl adjacent to an activating group) is 2. The van der Waals surface area contributed by atoms with Crippen molar-refractivity contribution in [3.8, 4) is 0 Å². The summed E-state index contributed by atoms with van der Waals surface area (Å²) in [5.74, 6) is -0.148. The number of sulfonamides is 1. The highest BCUT2D eigenvalue weighted by atomic mass is 32.2. The number of hydrogen-bond acceptors (Lipinski definition) is 5. The van der Waals surface area contributed by atoms with Crippen LogP contribution in [0.3, 0.4) is 0 Å². The molecule has 1 aliphatic rings. The first-order valence-corrected chi connectivity index (χ1v) is 10.1. The van der Waals surface area contributed by atoms with Gasteiger partial charge in [-0.25, -0.2) is 8.42 Å². The van der Waals surface area contributed by atoms with E-state index < -0.39 is 10.0 Å². The molecule has 1 fully saturated rings. The first-order chi connectivity index (χ1) is 10.8. The summed E-state index contributed by atoms with van der Waals surface area (Å²) >= 11 is 1.55. The van der Waals surface area contributed by atoms with Gasteiger partial charge in [0.15, 0.2) is 0 Å². The van der Waals surface area contributed by atoms with Gasteiger partial charge in [-0.2, -0.15) is 4.31 Å². The standard InChI is InChI=1S/C15H23N3O3S2/c1-16-8-10-18(11-9-16)15(19)12-17(2)23(20,21)14-6-4-13(22-3)5-7-14/h4-7H,8-12H2,1-3H3. The number of carbonyl (C=O) groups is 1. The molecule has 0 aliphatic carbocycles. The molecule has 0 bridgehead atoms. The number of piperazine rings is 1. The zero-order valence-electron chi connectivity index (χ0n) is 13.7. The fourth-order valence-electron chi connectivity index (χ4n) is 2.36. The summed E-state index contributed by atoms with van der Waals surface area (Å²) in [5, 5.41) is 0. The van der Waals surface area contributed by atoms with Crippen molar-refractivity contribution >= 4 is 27.7 Å². The molecule has 23 heavy (non-hydrogen) atoms. The van der Waals surface area contributed by atoms with E-state index in [4.69, 9.17) is 0 Å². The summed E-state index contributed by atoms with van der Waals surface area (Å²) in [6.45, 7) is 2.80. The Bertz CT molecular complexity index is 638. The summed E-state index contributed by atoms with van der Waals surface area (Å²) in [5.41, 5.74) is 0. The van der Waals surface area contributed by atoms with Crippen molar-refractivity contribution in [2.24, 2.45) is 0 Å². The molecule has 6 nitrogen and oxygen atoms in total. The van der Waals surface area contributed by atoms with Gasteiger partial charge in [-0.1, -0.05) is 0 Å². The van der Waals surface area contributed by atoms with Gasteiger partial charge in [-0.05, 0) is 37.6 Å². The van der Waals surface area contributed by atoms with Gasteiger partial charge >= 0.3 is 0 Å². The number of benzene rings is 1. The molecule has 0 atom stereocenters. The van der Waals surface area contributed by atoms with Crippen LogP contribution in [0.1, 0.15) is 0 Å². The predicted molar refractivity (Wildman–Crippen MR) is 92.1 cm³/mol. The van der Waals surface area contributed by atoms with Gasteiger partial charge in [0.1, 0.15) is 0 Å². The van der Waals surface area contributed by atoms with Crippen molar-refractivity contribution in [2.45, 2.75) is 9.79 Å². The van der Waals surface area contributed by atoms with Gasteiger partial charge in [-0.15, -0.1) is 11.8 Å². The highest BCUT2D eigenvalue weighted by Gasteiger charge is 2.26. The molecule has 1 amide bonds. The van der Waals surface area contributed by atoms with Crippen LogP contribution in [0, 0.1) is 0 Å². The quantitative estimate of drug-likeness (QED) is 0.730. The van der Waals surface area contributed by atoms with Crippen LogP contribution in [0.5, 0.6) is 0 Å². The fraction of sp³-hybridized carbons (Fsp3) is 0.533. The molecule has 0 N–H and O–H groups in total. The Morgan fingerprint density at radius 2 is 1.74 bits per heavy atom. The summed E-state index contributed by atoms with van der Waals surface area (Å²) in [7, 11) is -0.182. The van der Waals surface area contributed by atoms with Crippen LogP contribution in [-0.4, -0.2) is 81.5 Å². The second kappa shape index (κ2) is 7.65. The molecule has 2 rings (SSSR count). The van der Waals surface area contributed by atoms with Crippen LogP contribution < -0.4 is 0 Å². The fourth-order valence-corrected chi connectivity index (χ4v) is 3.89. The van der Waals surface area contributed by atoms with Crippen LogP contribution in [0.25, 0.3) is 0 Å². The summed E-state index contributed by atoms with van der Waals surface area (Å²) < 4.78 is 26.2. The Morgan fingerprint density at radius 3 is 2.26 bits per heavy atom. The van der Waals surface area contributed by atoms with Gasteiger partial charge in [0, 0.05) is 38.1 Å². The molecule has 1 aromatic rings. The van der Waals surface area contributed by atoms with E-state index in [1.807, 2.05) is 13.3 Å². The molecular weight excluding hydrogens is 334 g/mol. The predicted octanol–water partition coefficient (Wildman–Crippen LogP) is 0.803. The molecule has 0 unspecified atom stereocenters. The lowest BCUT2D eigenvalue weighted by Gasteiger charge is -2.33. The Balaban J connectivity index is 2.03. The van der Waals surface area contributed by atoms with Crippen molar-refractivity contribution in [1.29, 1.82) is 0 Å². The third kappa shape index (κ3) is 4.47. The van der Waals surface area contributed by atoms with Crippen LogP contribution in [0.2, 0.25) is 0 Å². The molecule has 8 heteroatoms. The van der Waals surface area contributed by atoms with Crippen molar-refractivity contribution < 1.29 is 13.2 Å². The van der Waals surface area contributed by atoms with Gasteiger partial charge in [0.2, 0.25) is 15.9 Å². The third-order valence-corrected chi connectivity index (χ3v) is 6.54. The number of amides is 1. The molecule has 1 heterocycles. The largest absolute Gasteiger partial charge is 0.339 e. The number of carbonyl (C=O) groups excluding carboxylic acids is 1. The second-order valence-corrected chi connectivity index (χ2v) is 8.55.